The van der Waals surface area contributed by atoms with Gasteiger partial charge in [0.15, 0.2) is 0 Å². The van der Waals surface area contributed by atoms with Crippen molar-refractivity contribution in [3.05, 3.63) is 0 Å². The Labute approximate surface area is 144 Å². The summed E-state index contributed by atoms with van der Waals surface area (Å²) in [7, 11) is -3.07. The summed E-state index contributed by atoms with van der Waals surface area (Å²) in [6.07, 6.45) is 16.1. The fraction of sp³-hybridized carbons (Fsp3) is 1.00. The molecule has 0 aromatic rings. The Kier molecular flexibility index (Phi) is 12.0. The van der Waals surface area contributed by atoms with Crippen molar-refractivity contribution in [3.63, 3.8) is 0 Å². The van der Waals surface area contributed by atoms with Gasteiger partial charge < -0.3 is 5.32 Å². The number of hydrogen-bond acceptors (Lipinski definition) is 3. The lowest BCUT2D eigenvalue weighted by Gasteiger charge is -2.11. The molecule has 1 aliphatic rings. The molecule has 0 aromatic heterocycles. The Morgan fingerprint density at radius 2 is 1.39 bits per heavy atom. The van der Waals surface area contributed by atoms with Gasteiger partial charge in [-0.05, 0) is 19.4 Å². The molecule has 1 aliphatic heterocycles. The molecule has 1 heterocycles. The highest BCUT2D eigenvalue weighted by Gasteiger charge is 2.20. The lowest BCUT2D eigenvalue weighted by atomic mass is 10.1. The average molecular weight is 347 g/mol. The molecule has 1 fully saturated rings. The molecular weight excluding hydrogens is 308 g/mol. The fourth-order valence-electron chi connectivity index (χ4n) is 3.20. The van der Waals surface area contributed by atoms with Gasteiger partial charge >= 0.3 is 0 Å². The fourth-order valence-corrected chi connectivity index (χ4v) is 4.61. The molecule has 0 aliphatic carbocycles. The van der Waals surface area contributed by atoms with Crippen LogP contribution in [0.5, 0.6) is 0 Å². The van der Waals surface area contributed by atoms with Crippen LogP contribution < -0.4 is 10.0 Å². The van der Waals surface area contributed by atoms with Crippen LogP contribution in [0, 0.1) is 0 Å². The molecule has 1 saturated heterocycles. The lowest BCUT2D eigenvalue weighted by molar-refractivity contribution is 0.540. The van der Waals surface area contributed by atoms with Crippen LogP contribution in [-0.4, -0.2) is 33.3 Å². The Hall–Kier alpha value is -0.130. The van der Waals surface area contributed by atoms with Gasteiger partial charge in [-0.15, -0.1) is 0 Å². The van der Waals surface area contributed by atoms with Crippen molar-refractivity contribution >= 4 is 10.0 Å². The van der Waals surface area contributed by atoms with Gasteiger partial charge in [0.2, 0.25) is 10.0 Å². The monoisotopic (exact) mass is 346 g/mol. The van der Waals surface area contributed by atoms with E-state index in [1.165, 1.54) is 64.2 Å². The van der Waals surface area contributed by atoms with Crippen LogP contribution in [0.25, 0.3) is 0 Å². The molecule has 1 rings (SSSR count). The molecule has 0 aromatic carbocycles. The lowest BCUT2D eigenvalue weighted by Crippen LogP contribution is -2.37. The Morgan fingerprint density at radius 1 is 0.870 bits per heavy atom. The molecule has 0 radical (unpaired) electrons. The molecule has 1 atom stereocenters. The van der Waals surface area contributed by atoms with Crippen LogP contribution in [0.4, 0.5) is 0 Å². The number of nitrogens with one attached hydrogen (secondary N) is 2. The van der Waals surface area contributed by atoms with Crippen molar-refractivity contribution in [2.45, 2.75) is 96.4 Å². The minimum Gasteiger partial charge on any atom is -0.315 e. The van der Waals surface area contributed by atoms with Gasteiger partial charge in [-0.1, -0.05) is 77.6 Å². The van der Waals surface area contributed by atoms with Gasteiger partial charge in [-0.2, -0.15) is 0 Å². The second-order valence-corrected chi connectivity index (χ2v) is 8.89. The van der Waals surface area contributed by atoms with E-state index in [-0.39, 0.29) is 6.04 Å². The Balaban J connectivity index is 1.85. The summed E-state index contributed by atoms with van der Waals surface area (Å²) in [6.45, 7) is 3.96. The maximum atomic E-state index is 11.9. The van der Waals surface area contributed by atoms with Crippen LogP contribution in [0.3, 0.4) is 0 Å². The summed E-state index contributed by atoms with van der Waals surface area (Å²) in [5.74, 6) is 0.293. The van der Waals surface area contributed by atoms with E-state index in [0.29, 0.717) is 5.75 Å². The van der Waals surface area contributed by atoms with E-state index in [1.807, 2.05) is 0 Å². The summed E-state index contributed by atoms with van der Waals surface area (Å²) >= 11 is 0. The number of hydrogen-bond donors (Lipinski definition) is 2. The van der Waals surface area contributed by atoms with E-state index in [0.717, 1.165) is 32.4 Å². The van der Waals surface area contributed by atoms with Crippen molar-refractivity contribution in [1.29, 1.82) is 0 Å². The van der Waals surface area contributed by atoms with Crippen LogP contribution >= 0.6 is 0 Å². The molecule has 0 bridgehead atoms. The molecule has 23 heavy (non-hydrogen) atoms. The quantitative estimate of drug-likeness (QED) is 0.441. The Bertz CT molecular complexity index is 365. The third kappa shape index (κ3) is 12.0. The normalized spacial score (nSPS) is 18.6. The van der Waals surface area contributed by atoms with E-state index in [4.69, 9.17) is 0 Å². The SMILES string of the molecule is CCCCCCCCCCCCCCS(=O)(=O)NC1CCNC1. The van der Waals surface area contributed by atoms with E-state index in [9.17, 15) is 8.42 Å². The van der Waals surface area contributed by atoms with Gasteiger partial charge in [-0.3, -0.25) is 0 Å². The van der Waals surface area contributed by atoms with Gasteiger partial charge in [0.05, 0.1) is 5.75 Å². The van der Waals surface area contributed by atoms with Crippen molar-refractivity contribution in [1.82, 2.24) is 10.0 Å². The van der Waals surface area contributed by atoms with Gasteiger partial charge in [0.1, 0.15) is 0 Å². The first-order valence-corrected chi connectivity index (χ1v) is 11.5. The predicted molar refractivity (Wildman–Crippen MR) is 99.3 cm³/mol. The summed E-state index contributed by atoms with van der Waals surface area (Å²) < 4.78 is 26.7. The van der Waals surface area contributed by atoms with E-state index >= 15 is 0 Å². The van der Waals surface area contributed by atoms with Crippen molar-refractivity contribution < 1.29 is 8.42 Å². The smallest absolute Gasteiger partial charge is 0.211 e. The van der Waals surface area contributed by atoms with Crippen LogP contribution in [-0.2, 0) is 10.0 Å². The third-order valence-corrected chi connectivity index (χ3v) is 6.19. The molecule has 4 nitrogen and oxygen atoms in total. The molecule has 0 saturated carbocycles. The first kappa shape index (κ1) is 20.9. The number of sulfonamides is 1. The highest BCUT2D eigenvalue weighted by molar-refractivity contribution is 7.89. The molecule has 2 N–H and O–H groups in total. The second kappa shape index (κ2) is 13.2. The number of rotatable bonds is 15. The predicted octanol–water partition coefficient (Wildman–Crippen LogP) is 3.97. The maximum absolute atomic E-state index is 11.9. The molecule has 138 valence electrons. The first-order chi connectivity index (χ1) is 11.1. The highest BCUT2D eigenvalue weighted by atomic mass is 32.2. The van der Waals surface area contributed by atoms with Crippen LogP contribution in [0.15, 0.2) is 0 Å². The second-order valence-electron chi connectivity index (χ2n) is 7.02. The zero-order chi connectivity index (χ0) is 16.8. The number of unbranched alkanes of at least 4 members (excludes halogenated alkanes) is 11. The van der Waals surface area contributed by atoms with E-state index < -0.39 is 10.0 Å². The zero-order valence-corrected chi connectivity index (χ0v) is 15.9. The van der Waals surface area contributed by atoms with Crippen LogP contribution in [0.2, 0.25) is 0 Å². The summed E-state index contributed by atoms with van der Waals surface area (Å²) in [5, 5.41) is 3.18. The molecule has 0 amide bonds. The van der Waals surface area contributed by atoms with Crippen LogP contribution in [0.1, 0.15) is 90.4 Å². The average Bonchev–Trinajstić information content (AvgIpc) is 3.00. The molecule has 0 spiro atoms. The van der Waals surface area contributed by atoms with Gasteiger partial charge in [0, 0.05) is 12.6 Å². The first-order valence-electron chi connectivity index (χ1n) is 9.85. The third-order valence-electron chi connectivity index (χ3n) is 4.67. The summed E-state index contributed by atoms with van der Waals surface area (Å²) in [5.41, 5.74) is 0. The standard InChI is InChI=1S/C18H38N2O2S/c1-2-3-4-5-6-7-8-9-10-11-12-13-16-23(21,22)20-18-14-15-19-17-18/h18-20H,2-17H2,1H3. The van der Waals surface area contributed by atoms with Gasteiger partial charge in [-0.25, -0.2) is 13.1 Å². The van der Waals surface area contributed by atoms with E-state index in [1.54, 1.807) is 0 Å². The Morgan fingerprint density at radius 3 is 1.87 bits per heavy atom. The summed E-state index contributed by atoms with van der Waals surface area (Å²) in [4.78, 5) is 0. The largest absolute Gasteiger partial charge is 0.315 e. The minimum absolute atomic E-state index is 0.109. The van der Waals surface area contributed by atoms with Crippen molar-refractivity contribution in [3.8, 4) is 0 Å². The molecule has 1 unspecified atom stereocenters. The van der Waals surface area contributed by atoms with E-state index in [2.05, 4.69) is 17.0 Å². The topological polar surface area (TPSA) is 58.2 Å². The highest BCUT2D eigenvalue weighted by Crippen LogP contribution is 2.12. The summed E-state index contributed by atoms with van der Waals surface area (Å²) in [6, 6.07) is 0.109. The zero-order valence-electron chi connectivity index (χ0n) is 15.1. The molecular formula is C18H38N2O2S. The minimum atomic E-state index is -3.07. The maximum Gasteiger partial charge on any atom is 0.211 e. The van der Waals surface area contributed by atoms with Crippen molar-refractivity contribution in [2.24, 2.45) is 0 Å². The van der Waals surface area contributed by atoms with Crippen molar-refractivity contribution in [2.75, 3.05) is 18.8 Å². The molecule has 5 heteroatoms. The van der Waals surface area contributed by atoms with Gasteiger partial charge in [0.25, 0.3) is 0 Å².